The highest BCUT2D eigenvalue weighted by molar-refractivity contribution is 9.10. The molecule has 4 rings (SSSR count). The Morgan fingerprint density at radius 3 is 2.21 bits per heavy atom. The van der Waals surface area contributed by atoms with Crippen LogP contribution in [0.15, 0.2) is 53.1 Å². The monoisotopic (exact) mass is 523 g/mol. The van der Waals surface area contributed by atoms with Crippen molar-refractivity contribution in [3.8, 4) is 5.75 Å². The Morgan fingerprint density at radius 1 is 0.939 bits per heavy atom. The number of nitrogens with one attached hydrogen (secondary N) is 1. The fourth-order valence-electron chi connectivity index (χ4n) is 3.71. The smallest absolute Gasteiger partial charge is 0.405 e. The Labute approximate surface area is 194 Å². The summed E-state index contributed by atoms with van der Waals surface area (Å²) in [4.78, 5) is 44.0. The van der Waals surface area contributed by atoms with E-state index >= 15 is 0 Å². The molecule has 0 aliphatic carbocycles. The van der Waals surface area contributed by atoms with Gasteiger partial charge in [0.05, 0.1) is 16.5 Å². The zero-order valence-electron chi connectivity index (χ0n) is 17.0. The van der Waals surface area contributed by atoms with Crippen LogP contribution in [-0.4, -0.2) is 64.9 Å². The van der Waals surface area contributed by atoms with E-state index in [-0.39, 0.29) is 48.6 Å². The molecule has 172 valence electrons. The molecule has 1 aromatic heterocycles. The second kappa shape index (κ2) is 8.89. The Kier molecular flexibility index (Phi) is 6.15. The molecular formula is C22H17BrF3N3O4. The molecule has 11 heteroatoms. The standard InChI is InChI=1S/C22H17BrF3N3O4/c23-15-6-7-16(33-22(24,25)26)17-14(12-27-18(15)17)19(30)21(32)29-10-8-28(9-11-29)20(31)13-4-2-1-3-5-13/h1-7,12,27H,8-11H2. The molecule has 1 saturated heterocycles. The van der Waals surface area contributed by atoms with E-state index in [2.05, 4.69) is 25.7 Å². The second-order valence-electron chi connectivity index (χ2n) is 7.33. The molecule has 0 bridgehead atoms. The predicted molar refractivity (Wildman–Crippen MR) is 116 cm³/mol. The first-order valence-electron chi connectivity index (χ1n) is 9.89. The number of aromatic amines is 1. The van der Waals surface area contributed by atoms with E-state index in [0.717, 1.165) is 6.07 Å². The van der Waals surface area contributed by atoms with Gasteiger partial charge in [-0.1, -0.05) is 18.2 Å². The van der Waals surface area contributed by atoms with Crippen molar-refractivity contribution in [2.75, 3.05) is 26.2 Å². The second-order valence-corrected chi connectivity index (χ2v) is 8.18. The number of piperazine rings is 1. The van der Waals surface area contributed by atoms with Crippen molar-refractivity contribution < 1.29 is 32.3 Å². The number of alkyl halides is 3. The number of ketones is 1. The molecule has 0 atom stereocenters. The third kappa shape index (κ3) is 4.72. The summed E-state index contributed by atoms with van der Waals surface area (Å²) >= 11 is 3.21. The highest BCUT2D eigenvalue weighted by Gasteiger charge is 2.35. The van der Waals surface area contributed by atoms with Crippen molar-refractivity contribution >= 4 is 44.4 Å². The number of aromatic nitrogens is 1. The number of fused-ring (bicyclic) bond motifs is 1. The number of hydrogen-bond donors (Lipinski definition) is 1. The van der Waals surface area contributed by atoms with Crippen molar-refractivity contribution in [1.29, 1.82) is 0 Å². The molecule has 1 aliphatic rings. The van der Waals surface area contributed by atoms with Crippen LogP contribution < -0.4 is 4.74 Å². The third-order valence-corrected chi connectivity index (χ3v) is 5.95. The van der Waals surface area contributed by atoms with Gasteiger partial charge < -0.3 is 19.5 Å². The molecule has 1 N–H and O–H groups in total. The molecule has 2 aromatic carbocycles. The van der Waals surface area contributed by atoms with Crippen molar-refractivity contribution in [2.45, 2.75) is 6.36 Å². The Balaban J connectivity index is 1.52. The van der Waals surface area contributed by atoms with Gasteiger partial charge >= 0.3 is 6.36 Å². The molecule has 2 heterocycles. The maximum atomic E-state index is 12.9. The first kappa shape index (κ1) is 22.8. The van der Waals surface area contributed by atoms with Gasteiger partial charge in [-0.25, -0.2) is 0 Å². The van der Waals surface area contributed by atoms with Gasteiger partial charge in [0, 0.05) is 42.4 Å². The van der Waals surface area contributed by atoms with Gasteiger partial charge in [-0.15, -0.1) is 13.2 Å². The molecule has 0 spiro atoms. The maximum absolute atomic E-state index is 12.9. The molecular weight excluding hydrogens is 507 g/mol. The highest BCUT2D eigenvalue weighted by Crippen LogP contribution is 2.37. The summed E-state index contributed by atoms with van der Waals surface area (Å²) in [5.41, 5.74) is 0.499. The third-order valence-electron chi connectivity index (χ3n) is 5.29. The van der Waals surface area contributed by atoms with E-state index in [1.807, 2.05) is 0 Å². The number of carbonyl (C=O) groups is 3. The van der Waals surface area contributed by atoms with Gasteiger partial charge in [0.2, 0.25) is 0 Å². The molecule has 33 heavy (non-hydrogen) atoms. The van der Waals surface area contributed by atoms with Crippen molar-refractivity contribution in [3.63, 3.8) is 0 Å². The van der Waals surface area contributed by atoms with E-state index in [9.17, 15) is 27.6 Å². The van der Waals surface area contributed by atoms with Crippen molar-refractivity contribution in [3.05, 3.63) is 64.3 Å². The number of hydrogen-bond acceptors (Lipinski definition) is 4. The average Bonchev–Trinajstić information content (AvgIpc) is 3.26. The largest absolute Gasteiger partial charge is 0.573 e. The molecule has 0 radical (unpaired) electrons. The average molecular weight is 524 g/mol. The van der Waals surface area contributed by atoms with Gasteiger partial charge in [0.1, 0.15) is 5.75 Å². The van der Waals surface area contributed by atoms with Gasteiger partial charge in [-0.2, -0.15) is 0 Å². The van der Waals surface area contributed by atoms with Gasteiger partial charge in [0.25, 0.3) is 17.6 Å². The van der Waals surface area contributed by atoms with Crippen LogP contribution in [0.1, 0.15) is 20.7 Å². The summed E-state index contributed by atoms with van der Waals surface area (Å²) < 4.78 is 43.0. The summed E-state index contributed by atoms with van der Waals surface area (Å²) in [7, 11) is 0. The lowest BCUT2D eigenvalue weighted by Gasteiger charge is -2.34. The molecule has 7 nitrogen and oxygen atoms in total. The van der Waals surface area contributed by atoms with Crippen LogP contribution >= 0.6 is 15.9 Å². The first-order chi connectivity index (χ1) is 15.7. The predicted octanol–water partition coefficient (Wildman–Crippen LogP) is 4.00. The molecule has 0 unspecified atom stereocenters. The lowest BCUT2D eigenvalue weighted by molar-refractivity contribution is -0.274. The van der Waals surface area contributed by atoms with Crippen LogP contribution in [-0.2, 0) is 4.79 Å². The summed E-state index contributed by atoms with van der Waals surface area (Å²) in [6.07, 6.45) is -3.78. The highest BCUT2D eigenvalue weighted by atomic mass is 79.9. The minimum Gasteiger partial charge on any atom is -0.405 e. The van der Waals surface area contributed by atoms with E-state index in [1.54, 1.807) is 35.2 Å². The lowest BCUT2D eigenvalue weighted by Crippen LogP contribution is -2.52. The summed E-state index contributed by atoms with van der Waals surface area (Å²) in [5, 5.41) is -0.141. The molecule has 1 fully saturated rings. The van der Waals surface area contributed by atoms with Gasteiger partial charge in [-0.05, 0) is 40.2 Å². The van der Waals surface area contributed by atoms with Crippen LogP contribution in [0.2, 0.25) is 0 Å². The van der Waals surface area contributed by atoms with Gasteiger partial charge in [0.15, 0.2) is 0 Å². The minimum absolute atomic E-state index is 0.126. The molecule has 1 aliphatic heterocycles. The fraction of sp³-hybridized carbons (Fsp3) is 0.227. The lowest BCUT2D eigenvalue weighted by atomic mass is 10.1. The van der Waals surface area contributed by atoms with E-state index in [4.69, 9.17) is 0 Å². The van der Waals surface area contributed by atoms with Crippen molar-refractivity contribution in [1.82, 2.24) is 14.8 Å². The van der Waals surface area contributed by atoms with Crippen LogP contribution in [0.25, 0.3) is 10.9 Å². The maximum Gasteiger partial charge on any atom is 0.573 e. The minimum atomic E-state index is -4.97. The van der Waals surface area contributed by atoms with E-state index in [0.29, 0.717) is 10.0 Å². The zero-order chi connectivity index (χ0) is 23.8. The Hall–Kier alpha value is -3.34. The van der Waals surface area contributed by atoms with Crippen LogP contribution in [0, 0.1) is 0 Å². The quantitative estimate of drug-likeness (QED) is 0.414. The summed E-state index contributed by atoms with van der Waals surface area (Å²) in [6, 6.07) is 11.1. The molecule has 3 aromatic rings. The number of rotatable bonds is 4. The van der Waals surface area contributed by atoms with Crippen LogP contribution in [0.5, 0.6) is 5.75 Å². The number of Topliss-reactive ketones (excluding diaryl/α,β-unsaturated/α-hetero) is 1. The van der Waals surface area contributed by atoms with E-state index in [1.165, 1.54) is 17.2 Å². The number of benzene rings is 2. The van der Waals surface area contributed by atoms with Crippen LogP contribution in [0.4, 0.5) is 13.2 Å². The summed E-state index contributed by atoms with van der Waals surface area (Å²) in [6.45, 7) is 0.714. The topological polar surface area (TPSA) is 82.7 Å². The summed E-state index contributed by atoms with van der Waals surface area (Å²) in [5.74, 6) is -2.59. The number of halogens is 4. The number of carbonyl (C=O) groups excluding carboxylic acids is 3. The molecule has 0 saturated carbocycles. The fourth-order valence-corrected chi connectivity index (χ4v) is 4.15. The SMILES string of the molecule is O=C(C(=O)N1CCN(C(=O)c2ccccc2)CC1)c1c[nH]c2c(Br)ccc(OC(F)(F)F)c12. The normalized spacial score (nSPS) is 14.4. The van der Waals surface area contributed by atoms with Gasteiger partial charge in [-0.3, -0.25) is 14.4 Å². The van der Waals surface area contributed by atoms with E-state index < -0.39 is 23.8 Å². The first-order valence-corrected chi connectivity index (χ1v) is 10.7. The van der Waals surface area contributed by atoms with Crippen molar-refractivity contribution in [2.24, 2.45) is 0 Å². The number of amides is 2. The Morgan fingerprint density at radius 2 is 1.58 bits per heavy atom. The zero-order valence-corrected chi connectivity index (χ0v) is 18.6. The number of nitrogens with zero attached hydrogens (tertiary/aromatic N) is 2. The number of H-pyrrole nitrogens is 1. The number of ether oxygens (including phenoxy) is 1. The Bertz CT molecular complexity index is 1220. The van der Waals surface area contributed by atoms with Crippen LogP contribution in [0.3, 0.4) is 0 Å². The molecule has 2 amide bonds.